The summed E-state index contributed by atoms with van der Waals surface area (Å²) < 4.78 is 5.56. The molecule has 1 aliphatic rings. The third kappa shape index (κ3) is 3.72. The molecule has 0 amide bonds. The van der Waals surface area contributed by atoms with E-state index in [9.17, 15) is 0 Å². The molecule has 0 atom stereocenters. The zero-order valence-corrected chi connectivity index (χ0v) is 11.6. The van der Waals surface area contributed by atoms with Crippen molar-refractivity contribution in [1.82, 2.24) is 4.90 Å². The van der Waals surface area contributed by atoms with Crippen molar-refractivity contribution in [3.05, 3.63) is 29.8 Å². The molecule has 1 saturated carbocycles. The summed E-state index contributed by atoms with van der Waals surface area (Å²) in [4.78, 5) is 2.18. The van der Waals surface area contributed by atoms with Crippen molar-refractivity contribution in [3.63, 3.8) is 0 Å². The summed E-state index contributed by atoms with van der Waals surface area (Å²) in [6.45, 7) is 3.89. The molecule has 0 aliphatic heterocycles. The maximum atomic E-state index is 5.56. The van der Waals surface area contributed by atoms with Gasteiger partial charge in [0.2, 0.25) is 0 Å². The number of ether oxygens (including phenoxy) is 1. The quantitative estimate of drug-likeness (QED) is 0.837. The first-order valence-corrected chi connectivity index (χ1v) is 6.79. The predicted octanol–water partition coefficient (Wildman–Crippen LogP) is 2.73. The second kappa shape index (κ2) is 6.21. The predicted molar refractivity (Wildman–Crippen MR) is 75.9 cm³/mol. The van der Waals surface area contributed by atoms with Crippen molar-refractivity contribution in [3.8, 4) is 0 Å². The van der Waals surface area contributed by atoms with Gasteiger partial charge < -0.3 is 15.0 Å². The highest BCUT2D eigenvalue weighted by Gasteiger charge is 2.29. The van der Waals surface area contributed by atoms with Gasteiger partial charge >= 0.3 is 0 Å². The molecule has 2 rings (SSSR count). The summed E-state index contributed by atoms with van der Waals surface area (Å²) in [7, 11) is 4.18. The minimum absolute atomic E-state index is 0.473. The summed E-state index contributed by atoms with van der Waals surface area (Å²) >= 11 is 0. The molecule has 3 heteroatoms. The Hall–Kier alpha value is -1.06. The molecule has 1 aliphatic carbocycles. The van der Waals surface area contributed by atoms with Crippen molar-refractivity contribution in [2.75, 3.05) is 26.0 Å². The van der Waals surface area contributed by atoms with Crippen LogP contribution < -0.4 is 5.32 Å². The van der Waals surface area contributed by atoms with Gasteiger partial charge in [0.15, 0.2) is 0 Å². The Kier molecular flexibility index (Phi) is 4.61. The zero-order valence-electron chi connectivity index (χ0n) is 11.6. The number of hydrogen-bond acceptors (Lipinski definition) is 3. The van der Waals surface area contributed by atoms with E-state index < -0.39 is 0 Å². The molecular formula is C15H24N2O. The molecule has 1 aromatic rings. The van der Waals surface area contributed by atoms with Crippen LogP contribution in [0, 0.1) is 0 Å². The van der Waals surface area contributed by atoms with Crippen LogP contribution in [0.4, 0.5) is 5.69 Å². The van der Waals surface area contributed by atoms with Crippen LogP contribution in [0.25, 0.3) is 0 Å². The van der Waals surface area contributed by atoms with Crippen LogP contribution in [-0.4, -0.2) is 37.7 Å². The average Bonchev–Trinajstić information content (AvgIpc) is 2.28. The fraction of sp³-hybridized carbons (Fsp3) is 0.600. The summed E-state index contributed by atoms with van der Waals surface area (Å²) in [5.74, 6) is 0. The van der Waals surface area contributed by atoms with Crippen LogP contribution in [0.5, 0.6) is 0 Å². The largest absolute Gasteiger partial charge is 0.382 e. The van der Waals surface area contributed by atoms with Crippen LogP contribution in [0.1, 0.15) is 25.3 Å². The molecular weight excluding hydrogens is 224 g/mol. The standard InChI is InChI=1S/C15H24N2O/c1-4-18-15-9-14(10-15)16-13-7-5-12(6-8-13)11-17(2)3/h5-8,14-16H,4,9-11H2,1-3H3. The highest BCUT2D eigenvalue weighted by atomic mass is 16.5. The van der Waals surface area contributed by atoms with Gasteiger partial charge in [-0.1, -0.05) is 12.1 Å². The Balaban J connectivity index is 1.77. The van der Waals surface area contributed by atoms with Crippen molar-refractivity contribution >= 4 is 5.69 Å². The molecule has 3 nitrogen and oxygen atoms in total. The first-order chi connectivity index (χ1) is 8.67. The minimum Gasteiger partial charge on any atom is -0.382 e. The molecule has 18 heavy (non-hydrogen) atoms. The zero-order chi connectivity index (χ0) is 13.0. The van der Waals surface area contributed by atoms with Gasteiger partial charge in [-0.05, 0) is 51.6 Å². The lowest BCUT2D eigenvalue weighted by atomic mass is 9.89. The first-order valence-electron chi connectivity index (χ1n) is 6.79. The normalized spacial score (nSPS) is 22.9. The van der Waals surface area contributed by atoms with Crippen molar-refractivity contribution in [2.24, 2.45) is 0 Å². The van der Waals surface area contributed by atoms with Gasteiger partial charge in [-0.3, -0.25) is 0 Å². The first kappa shape index (κ1) is 13.4. The SMILES string of the molecule is CCOC1CC(Nc2ccc(CN(C)C)cc2)C1. The second-order valence-electron chi connectivity index (χ2n) is 5.32. The Morgan fingerprint density at radius 2 is 1.89 bits per heavy atom. The van der Waals surface area contributed by atoms with Crippen molar-refractivity contribution in [2.45, 2.75) is 38.5 Å². The number of rotatable bonds is 6. The Bertz CT molecular complexity index is 355. The Labute approximate surface area is 110 Å². The highest BCUT2D eigenvalue weighted by Crippen LogP contribution is 2.26. The minimum atomic E-state index is 0.473. The number of hydrogen-bond donors (Lipinski definition) is 1. The van der Waals surface area contributed by atoms with E-state index in [0.29, 0.717) is 12.1 Å². The van der Waals surface area contributed by atoms with Crippen LogP contribution in [0.3, 0.4) is 0 Å². The van der Waals surface area contributed by atoms with Crippen LogP contribution in [0.15, 0.2) is 24.3 Å². The summed E-state index contributed by atoms with van der Waals surface area (Å²) in [6, 6.07) is 9.32. The van der Waals surface area contributed by atoms with Gasteiger partial charge in [-0.15, -0.1) is 0 Å². The van der Waals surface area contributed by atoms with Crippen LogP contribution in [-0.2, 0) is 11.3 Å². The maximum absolute atomic E-state index is 5.56. The molecule has 0 bridgehead atoms. The fourth-order valence-corrected chi connectivity index (χ4v) is 2.36. The summed E-state index contributed by atoms with van der Waals surface area (Å²) in [5.41, 5.74) is 2.57. The van der Waals surface area contributed by atoms with E-state index in [0.717, 1.165) is 26.0 Å². The van der Waals surface area contributed by atoms with Gasteiger partial charge in [0.05, 0.1) is 6.10 Å². The average molecular weight is 248 g/mol. The molecule has 0 radical (unpaired) electrons. The third-order valence-electron chi connectivity index (χ3n) is 3.32. The Morgan fingerprint density at radius 3 is 2.44 bits per heavy atom. The van der Waals surface area contributed by atoms with Crippen LogP contribution >= 0.6 is 0 Å². The van der Waals surface area contributed by atoms with Crippen molar-refractivity contribution in [1.29, 1.82) is 0 Å². The maximum Gasteiger partial charge on any atom is 0.0614 e. The van der Waals surface area contributed by atoms with E-state index in [2.05, 4.69) is 55.5 Å². The van der Waals surface area contributed by atoms with Crippen molar-refractivity contribution < 1.29 is 4.74 Å². The lowest BCUT2D eigenvalue weighted by molar-refractivity contribution is 0.00299. The van der Waals surface area contributed by atoms with E-state index in [1.54, 1.807) is 0 Å². The fourth-order valence-electron chi connectivity index (χ4n) is 2.36. The van der Waals surface area contributed by atoms with Gasteiger partial charge in [0.1, 0.15) is 0 Å². The lowest BCUT2D eigenvalue weighted by Gasteiger charge is -2.36. The molecule has 0 heterocycles. The molecule has 1 fully saturated rings. The monoisotopic (exact) mass is 248 g/mol. The van der Waals surface area contributed by atoms with E-state index in [4.69, 9.17) is 4.74 Å². The Morgan fingerprint density at radius 1 is 1.22 bits per heavy atom. The molecule has 100 valence electrons. The molecule has 0 saturated heterocycles. The summed E-state index contributed by atoms with van der Waals surface area (Å²) in [5, 5.41) is 3.55. The number of benzene rings is 1. The molecule has 0 spiro atoms. The van der Waals surface area contributed by atoms with E-state index in [-0.39, 0.29) is 0 Å². The van der Waals surface area contributed by atoms with Crippen LogP contribution in [0.2, 0.25) is 0 Å². The molecule has 0 aromatic heterocycles. The topological polar surface area (TPSA) is 24.5 Å². The van der Waals surface area contributed by atoms with Gasteiger partial charge in [0, 0.05) is 24.9 Å². The lowest BCUT2D eigenvalue weighted by Crippen LogP contribution is -2.40. The van der Waals surface area contributed by atoms with Gasteiger partial charge in [0.25, 0.3) is 0 Å². The molecule has 1 N–H and O–H groups in total. The summed E-state index contributed by atoms with van der Waals surface area (Å²) in [6.07, 6.45) is 2.74. The van der Waals surface area contributed by atoms with E-state index in [1.165, 1.54) is 11.3 Å². The number of anilines is 1. The van der Waals surface area contributed by atoms with E-state index in [1.807, 2.05) is 0 Å². The second-order valence-corrected chi connectivity index (χ2v) is 5.32. The smallest absolute Gasteiger partial charge is 0.0614 e. The highest BCUT2D eigenvalue weighted by molar-refractivity contribution is 5.46. The van der Waals surface area contributed by atoms with E-state index >= 15 is 0 Å². The molecule has 0 unspecified atom stereocenters. The van der Waals surface area contributed by atoms with Gasteiger partial charge in [-0.25, -0.2) is 0 Å². The third-order valence-corrected chi connectivity index (χ3v) is 3.32. The molecule has 1 aromatic carbocycles. The number of nitrogens with zero attached hydrogens (tertiary/aromatic N) is 1. The number of nitrogens with one attached hydrogen (secondary N) is 1. The van der Waals surface area contributed by atoms with Gasteiger partial charge in [-0.2, -0.15) is 0 Å².